The number of alkyl halides is 2. The molecule has 0 aromatic heterocycles. The summed E-state index contributed by atoms with van der Waals surface area (Å²) in [4.78, 5) is 25.7. The number of primary amides is 1. The number of hydrogen-bond donors (Lipinski definition) is 1. The SMILES string of the molecule is NC(=O)C1C(=O)N(c2cccc(F)c2F)CCC1c1cccc(C(F)F)c1. The molecular formula is C19H16F4N2O2. The minimum Gasteiger partial charge on any atom is -0.369 e. The summed E-state index contributed by atoms with van der Waals surface area (Å²) in [5.74, 6) is -6.15. The predicted molar refractivity (Wildman–Crippen MR) is 90.2 cm³/mol. The molecule has 0 radical (unpaired) electrons. The normalized spacial score (nSPS) is 20.2. The zero-order valence-corrected chi connectivity index (χ0v) is 14.0. The smallest absolute Gasteiger partial charge is 0.263 e. The largest absolute Gasteiger partial charge is 0.369 e. The van der Waals surface area contributed by atoms with Gasteiger partial charge in [-0.2, -0.15) is 0 Å². The van der Waals surface area contributed by atoms with Crippen LogP contribution in [0.15, 0.2) is 42.5 Å². The van der Waals surface area contributed by atoms with Crippen LogP contribution in [-0.4, -0.2) is 18.4 Å². The highest BCUT2D eigenvalue weighted by Crippen LogP contribution is 2.37. The number of piperidine rings is 1. The Bertz CT molecular complexity index is 888. The molecule has 0 aliphatic carbocycles. The van der Waals surface area contributed by atoms with Crippen LogP contribution in [0, 0.1) is 17.6 Å². The summed E-state index contributed by atoms with van der Waals surface area (Å²) in [6, 6.07) is 8.82. The van der Waals surface area contributed by atoms with Crippen LogP contribution in [0.4, 0.5) is 23.2 Å². The van der Waals surface area contributed by atoms with Crippen molar-refractivity contribution in [2.24, 2.45) is 11.7 Å². The van der Waals surface area contributed by atoms with Gasteiger partial charge in [-0.05, 0) is 30.2 Å². The number of halogens is 4. The van der Waals surface area contributed by atoms with Crippen LogP contribution in [-0.2, 0) is 9.59 Å². The first kappa shape index (κ1) is 18.9. The molecule has 1 aliphatic rings. The first-order valence-corrected chi connectivity index (χ1v) is 8.24. The van der Waals surface area contributed by atoms with Crippen molar-refractivity contribution in [1.29, 1.82) is 0 Å². The number of carbonyl (C=O) groups is 2. The van der Waals surface area contributed by atoms with E-state index in [0.29, 0.717) is 5.56 Å². The predicted octanol–water partition coefficient (Wildman–Crippen LogP) is 3.52. The Morgan fingerprint density at radius 2 is 1.85 bits per heavy atom. The quantitative estimate of drug-likeness (QED) is 0.652. The van der Waals surface area contributed by atoms with Gasteiger partial charge in [0.15, 0.2) is 11.6 Å². The summed E-state index contributed by atoms with van der Waals surface area (Å²) in [6.07, 6.45) is -2.52. The minimum atomic E-state index is -2.70. The molecule has 2 aromatic rings. The Labute approximate surface area is 152 Å². The first-order valence-electron chi connectivity index (χ1n) is 8.24. The Hall–Kier alpha value is -2.90. The molecule has 2 unspecified atom stereocenters. The van der Waals surface area contributed by atoms with Gasteiger partial charge in [-0.25, -0.2) is 17.6 Å². The summed E-state index contributed by atoms with van der Waals surface area (Å²) in [5.41, 5.74) is 5.25. The third-order valence-corrected chi connectivity index (χ3v) is 4.72. The monoisotopic (exact) mass is 380 g/mol. The van der Waals surface area contributed by atoms with Crippen LogP contribution >= 0.6 is 0 Å². The Morgan fingerprint density at radius 3 is 2.52 bits per heavy atom. The molecule has 142 valence electrons. The molecule has 2 amide bonds. The van der Waals surface area contributed by atoms with Crippen molar-refractivity contribution >= 4 is 17.5 Å². The third kappa shape index (κ3) is 3.51. The number of hydrogen-bond acceptors (Lipinski definition) is 2. The molecule has 4 nitrogen and oxygen atoms in total. The van der Waals surface area contributed by atoms with Crippen molar-refractivity contribution in [2.45, 2.75) is 18.8 Å². The maximum absolute atomic E-state index is 14.1. The van der Waals surface area contributed by atoms with Gasteiger partial charge in [0.05, 0.1) is 5.69 Å². The van der Waals surface area contributed by atoms with Gasteiger partial charge < -0.3 is 10.6 Å². The van der Waals surface area contributed by atoms with Crippen LogP contribution in [0.5, 0.6) is 0 Å². The minimum absolute atomic E-state index is 0.00738. The van der Waals surface area contributed by atoms with Crippen molar-refractivity contribution in [3.8, 4) is 0 Å². The van der Waals surface area contributed by atoms with E-state index in [9.17, 15) is 27.2 Å². The van der Waals surface area contributed by atoms with Gasteiger partial charge in [0.1, 0.15) is 5.92 Å². The van der Waals surface area contributed by atoms with E-state index in [-0.39, 0.29) is 24.2 Å². The lowest BCUT2D eigenvalue weighted by atomic mass is 9.79. The third-order valence-electron chi connectivity index (χ3n) is 4.72. The fourth-order valence-electron chi connectivity index (χ4n) is 3.43. The number of benzene rings is 2. The molecule has 2 N–H and O–H groups in total. The molecule has 1 aliphatic heterocycles. The van der Waals surface area contributed by atoms with E-state index in [1.165, 1.54) is 36.4 Å². The van der Waals surface area contributed by atoms with E-state index in [2.05, 4.69) is 0 Å². The number of amides is 2. The molecule has 27 heavy (non-hydrogen) atoms. The molecule has 3 rings (SSSR count). The number of nitrogens with zero attached hydrogens (tertiary/aromatic N) is 1. The highest BCUT2D eigenvalue weighted by atomic mass is 19.3. The van der Waals surface area contributed by atoms with E-state index in [4.69, 9.17) is 5.73 Å². The van der Waals surface area contributed by atoms with Gasteiger partial charge in [-0.3, -0.25) is 9.59 Å². The second-order valence-corrected chi connectivity index (χ2v) is 6.31. The number of rotatable bonds is 4. The summed E-state index contributed by atoms with van der Waals surface area (Å²) >= 11 is 0. The summed E-state index contributed by atoms with van der Waals surface area (Å²) in [7, 11) is 0. The molecule has 1 fully saturated rings. The zero-order chi connectivity index (χ0) is 19.7. The highest BCUT2D eigenvalue weighted by molar-refractivity contribution is 6.08. The van der Waals surface area contributed by atoms with Crippen LogP contribution in [0.2, 0.25) is 0 Å². The van der Waals surface area contributed by atoms with E-state index in [1.54, 1.807) is 0 Å². The topological polar surface area (TPSA) is 63.4 Å². The molecule has 2 atom stereocenters. The molecule has 0 spiro atoms. The average molecular weight is 380 g/mol. The molecular weight excluding hydrogens is 364 g/mol. The second-order valence-electron chi connectivity index (χ2n) is 6.31. The molecule has 2 aromatic carbocycles. The molecule has 1 heterocycles. The van der Waals surface area contributed by atoms with Gasteiger partial charge in [0, 0.05) is 18.0 Å². The number of anilines is 1. The lowest BCUT2D eigenvalue weighted by molar-refractivity contribution is -0.134. The fraction of sp³-hybridized carbons (Fsp3) is 0.263. The Morgan fingerprint density at radius 1 is 1.15 bits per heavy atom. The van der Waals surface area contributed by atoms with Crippen LogP contribution in [0.25, 0.3) is 0 Å². The first-order chi connectivity index (χ1) is 12.8. The Balaban J connectivity index is 1.97. The molecule has 0 saturated carbocycles. The molecule has 8 heteroatoms. The van der Waals surface area contributed by atoms with Crippen molar-refractivity contribution in [1.82, 2.24) is 0 Å². The summed E-state index contributed by atoms with van der Waals surface area (Å²) in [5, 5.41) is 0. The standard InChI is InChI=1S/C19H16F4N2O2/c20-13-5-2-6-14(16(13)21)25-8-7-12(15(18(24)26)19(25)27)10-3-1-4-11(9-10)17(22)23/h1-6,9,12,15,17H,7-8H2,(H2,24,26). The number of carbonyl (C=O) groups excluding carboxylic acids is 2. The summed E-state index contributed by atoms with van der Waals surface area (Å²) < 4.78 is 53.5. The van der Waals surface area contributed by atoms with Gasteiger partial charge >= 0.3 is 0 Å². The lowest BCUT2D eigenvalue weighted by Crippen LogP contribution is -2.50. The van der Waals surface area contributed by atoms with E-state index in [1.807, 2.05) is 0 Å². The van der Waals surface area contributed by atoms with Crippen molar-refractivity contribution < 1.29 is 27.2 Å². The average Bonchev–Trinajstić information content (AvgIpc) is 2.64. The van der Waals surface area contributed by atoms with E-state index >= 15 is 0 Å². The van der Waals surface area contributed by atoms with Gasteiger partial charge in [-0.1, -0.05) is 24.3 Å². The van der Waals surface area contributed by atoms with E-state index < -0.39 is 41.7 Å². The van der Waals surface area contributed by atoms with Gasteiger partial charge in [-0.15, -0.1) is 0 Å². The molecule has 0 bridgehead atoms. The zero-order valence-electron chi connectivity index (χ0n) is 14.0. The van der Waals surface area contributed by atoms with Gasteiger partial charge in [0.2, 0.25) is 11.8 Å². The van der Waals surface area contributed by atoms with Gasteiger partial charge in [0.25, 0.3) is 6.43 Å². The highest BCUT2D eigenvalue weighted by Gasteiger charge is 2.42. The maximum atomic E-state index is 14.1. The van der Waals surface area contributed by atoms with E-state index in [0.717, 1.165) is 11.0 Å². The van der Waals surface area contributed by atoms with Crippen molar-refractivity contribution in [3.05, 3.63) is 65.2 Å². The van der Waals surface area contributed by atoms with Crippen molar-refractivity contribution in [2.75, 3.05) is 11.4 Å². The Kier molecular flexibility index (Phi) is 5.16. The van der Waals surface area contributed by atoms with Crippen LogP contribution < -0.4 is 10.6 Å². The maximum Gasteiger partial charge on any atom is 0.263 e. The van der Waals surface area contributed by atoms with Crippen LogP contribution in [0.3, 0.4) is 0 Å². The van der Waals surface area contributed by atoms with Crippen molar-refractivity contribution in [3.63, 3.8) is 0 Å². The molecule has 1 saturated heterocycles. The second kappa shape index (κ2) is 7.38. The lowest BCUT2D eigenvalue weighted by Gasteiger charge is -2.37. The fourth-order valence-corrected chi connectivity index (χ4v) is 3.43. The summed E-state index contributed by atoms with van der Waals surface area (Å²) in [6.45, 7) is -0.00738. The van der Waals surface area contributed by atoms with Crippen LogP contribution in [0.1, 0.15) is 29.9 Å². The number of nitrogens with two attached hydrogens (primary N) is 1.